The zero-order chi connectivity index (χ0) is 61.1. The van der Waals surface area contributed by atoms with E-state index in [1.165, 1.54) is 57.0 Å². The molecule has 12 rings (SSSR count). The summed E-state index contributed by atoms with van der Waals surface area (Å²) in [5, 5.41) is 16.5. The Labute approximate surface area is 509 Å². The number of nitrogens with zero attached hydrogens (tertiary/aromatic N) is 4. The topological polar surface area (TPSA) is 307 Å². The van der Waals surface area contributed by atoms with E-state index in [4.69, 9.17) is 10.2 Å². The molecule has 6 aliphatic heterocycles. The second-order valence-electron chi connectivity index (χ2n) is 21.6. The maximum absolute atomic E-state index is 15.2. The second-order valence-corrected chi connectivity index (χ2v) is 28.5. The van der Waals surface area contributed by atoms with Crippen LogP contribution in [0.25, 0.3) is 33.4 Å². The number of piperidine rings is 1. The van der Waals surface area contributed by atoms with Gasteiger partial charge in [0.25, 0.3) is 26.1 Å². The number of fused-ring (bicyclic) bond motifs is 5. The molecule has 5 aromatic carbocycles. The van der Waals surface area contributed by atoms with Crippen LogP contribution in [-0.4, -0.2) is 128 Å². The molecule has 0 spiro atoms. The number of hydrogen-bond acceptors (Lipinski definition) is 15. The number of carbonyl (C=O) groups excluding carboxylic acids is 3. The molecule has 7 aliphatic rings. The molecule has 0 saturated carbocycles. The van der Waals surface area contributed by atoms with Gasteiger partial charge in [-0.3, -0.25) is 28.4 Å². The Balaban J connectivity index is 0.811. The molecule has 3 amide bonds. The average molecular weight is 1270 g/mol. The van der Waals surface area contributed by atoms with E-state index in [0.717, 1.165) is 38.4 Å². The third kappa shape index (κ3) is 11.6. The molecule has 0 bridgehead atoms. The van der Waals surface area contributed by atoms with Gasteiger partial charge in [0, 0.05) is 106 Å². The van der Waals surface area contributed by atoms with E-state index < -0.39 is 65.4 Å². The predicted molar refractivity (Wildman–Crippen MR) is 329 cm³/mol. The first-order chi connectivity index (χ1) is 41.7. The molecule has 2 saturated heterocycles. The van der Waals surface area contributed by atoms with Crippen LogP contribution in [0.3, 0.4) is 0 Å². The maximum Gasteiger partial charge on any atom is 0.352 e. The molecule has 87 heavy (non-hydrogen) atoms. The van der Waals surface area contributed by atoms with Crippen molar-refractivity contribution in [2.75, 3.05) is 54.4 Å². The standard InChI is InChI=1S/C61H57N7O14S5/c62-34-54(69)64-56-59(71)68-57(61(72)73)39(35-84-60(56)68)10-7-29-83-52-13-3-2-12-47(52)63-58(70)36-23-27-65(28-24-36)85(74,75)53-14-4-1-11-46(53)55-44-19-15-40(66-25-5-8-37-30-42(86(76,77)78)17-21-48(37)66)32-50(44)82-51-33-41(16-20-45(51)55)67-26-6-9-38-31-43(87(79,80)81)18-22-49(38)67/h1-4,7,10-22,30-33,36,56,60H,5-6,8-9,23-29,34-35,62H2,(H4-,63,64,69,70,72,73,76,77,78,79,80,81)/p+1/b10-7+. The van der Waals surface area contributed by atoms with Crippen LogP contribution < -0.4 is 31.2 Å². The fraction of sp³-hybridized carbons (Fsp3) is 0.262. The van der Waals surface area contributed by atoms with Crippen LogP contribution in [0, 0.1) is 5.92 Å². The summed E-state index contributed by atoms with van der Waals surface area (Å²) < 4.78 is 109. The lowest BCUT2D eigenvalue weighted by molar-refractivity contribution is -0.150. The summed E-state index contributed by atoms with van der Waals surface area (Å²) in [4.78, 5) is 54.8. The average Bonchev–Trinajstić information content (AvgIpc) is 1.16. The number of thioether (sulfide) groups is 2. The highest BCUT2D eigenvalue weighted by Crippen LogP contribution is 2.46. The van der Waals surface area contributed by atoms with Crippen LogP contribution in [-0.2, 0) is 62.3 Å². The van der Waals surface area contributed by atoms with Crippen molar-refractivity contribution in [1.29, 1.82) is 0 Å². The van der Waals surface area contributed by atoms with Crippen LogP contribution in [0.1, 0.15) is 36.8 Å². The van der Waals surface area contributed by atoms with Crippen molar-refractivity contribution in [3.8, 4) is 22.5 Å². The lowest BCUT2D eigenvalue weighted by Crippen LogP contribution is -2.70. The summed E-state index contributed by atoms with van der Waals surface area (Å²) >= 11 is 2.75. The minimum atomic E-state index is -4.45. The summed E-state index contributed by atoms with van der Waals surface area (Å²) in [6.07, 6.45) is 6.46. The van der Waals surface area contributed by atoms with Crippen molar-refractivity contribution in [3.63, 3.8) is 0 Å². The molecule has 7 N–H and O–H groups in total. The maximum atomic E-state index is 15.2. The number of carboxylic acids is 1. The van der Waals surface area contributed by atoms with Crippen molar-refractivity contribution in [3.05, 3.63) is 161 Å². The number of aliphatic carboxylic acids is 1. The van der Waals surface area contributed by atoms with E-state index in [9.17, 15) is 50.2 Å². The highest BCUT2D eigenvalue weighted by atomic mass is 32.2. The zero-order valence-electron chi connectivity index (χ0n) is 46.4. The fourth-order valence-electron chi connectivity index (χ4n) is 12.2. The zero-order valence-corrected chi connectivity index (χ0v) is 50.4. The molecule has 2 atom stereocenters. The Kier molecular flexibility index (Phi) is 16.3. The molecule has 2 unspecified atom stereocenters. The lowest BCUT2D eigenvalue weighted by atomic mass is 9.93. The van der Waals surface area contributed by atoms with Gasteiger partial charge < -0.3 is 30.8 Å². The quantitative estimate of drug-likeness (QED) is 0.0194. The van der Waals surface area contributed by atoms with E-state index in [0.29, 0.717) is 95.0 Å². The van der Waals surface area contributed by atoms with Crippen molar-refractivity contribution in [2.45, 2.75) is 69.5 Å². The molecule has 0 aromatic heterocycles. The van der Waals surface area contributed by atoms with Gasteiger partial charge >= 0.3 is 5.97 Å². The summed E-state index contributed by atoms with van der Waals surface area (Å²) in [5.74, 6) is -1.98. The number of rotatable bonds is 15. The van der Waals surface area contributed by atoms with Crippen molar-refractivity contribution < 1.29 is 63.1 Å². The highest BCUT2D eigenvalue weighted by molar-refractivity contribution is 8.00. The van der Waals surface area contributed by atoms with Crippen LogP contribution >= 0.6 is 23.5 Å². The van der Waals surface area contributed by atoms with Crippen LogP contribution in [0.2, 0.25) is 0 Å². The number of allylic oxidation sites excluding steroid dienone is 1. The Hall–Kier alpha value is -7.66. The smallest absolute Gasteiger partial charge is 0.352 e. The van der Waals surface area contributed by atoms with E-state index in [2.05, 4.69) is 10.6 Å². The number of benzene rings is 6. The Morgan fingerprint density at radius 1 is 0.805 bits per heavy atom. The molecule has 450 valence electrons. The Morgan fingerprint density at radius 3 is 2.29 bits per heavy atom. The largest absolute Gasteiger partial charge is 0.477 e. The number of sulfonamides is 1. The van der Waals surface area contributed by atoms with Gasteiger partial charge in [0.2, 0.25) is 32.9 Å². The first-order valence-electron chi connectivity index (χ1n) is 28.0. The number of anilines is 3. The van der Waals surface area contributed by atoms with E-state index in [1.54, 1.807) is 60.7 Å². The van der Waals surface area contributed by atoms with Gasteiger partial charge in [-0.1, -0.05) is 42.5 Å². The van der Waals surface area contributed by atoms with Gasteiger partial charge in [-0.15, -0.1) is 23.5 Å². The molecule has 26 heteroatoms. The predicted octanol–water partition coefficient (Wildman–Crippen LogP) is 7.22. The lowest BCUT2D eigenvalue weighted by Gasteiger charge is -2.49. The SMILES string of the molecule is NCC(=O)NC1C(=O)N2C(C(=O)O)=C(/C=C/CSc3ccccc3NC(=O)C3CCN(S(=O)(=O)c4ccccc4-c4c5ccc(=[N+]6CCCc7cc(S(=O)(=O)O)ccc76)cc-5oc5cc(N6CCCc7cc(S(=O)(=O)O)ccc76)ccc45)CC3)CSC12. The fourth-order valence-corrected chi connectivity index (χ4v) is 17.0. The minimum absolute atomic E-state index is 0.0481. The number of hydrogen-bond donors (Lipinski definition) is 6. The van der Waals surface area contributed by atoms with Gasteiger partial charge in [-0.25, -0.2) is 13.2 Å². The Morgan fingerprint density at radius 2 is 1.53 bits per heavy atom. The molecule has 1 aliphatic carbocycles. The first-order valence-corrected chi connectivity index (χ1v) is 34.3. The van der Waals surface area contributed by atoms with E-state index >= 15 is 8.42 Å². The van der Waals surface area contributed by atoms with Crippen LogP contribution in [0.15, 0.2) is 169 Å². The molecule has 2 fully saturated rings. The number of carbonyl (C=O) groups is 4. The van der Waals surface area contributed by atoms with E-state index in [1.807, 2.05) is 58.0 Å². The van der Waals surface area contributed by atoms with Gasteiger partial charge in [0.05, 0.1) is 33.0 Å². The van der Waals surface area contributed by atoms with Crippen molar-refractivity contribution >= 4 is 111 Å². The summed E-state index contributed by atoms with van der Waals surface area (Å²) in [6, 6.07) is 33.5. The number of nitrogens with one attached hydrogen (secondary N) is 2. The van der Waals surface area contributed by atoms with E-state index in [-0.39, 0.29) is 58.8 Å². The van der Waals surface area contributed by atoms with Crippen molar-refractivity contribution in [1.82, 2.24) is 19.1 Å². The molecule has 0 radical (unpaired) electrons. The number of β-lactam (4-membered cyclic amide) rings is 1. The Bertz CT molecular complexity index is 4480. The van der Waals surface area contributed by atoms with Gasteiger partial charge in [0.15, 0.2) is 0 Å². The number of para-hydroxylation sites is 1. The van der Waals surface area contributed by atoms with Crippen molar-refractivity contribution in [2.24, 2.45) is 11.7 Å². The number of carboxylic acid groups (broad SMARTS) is 1. The molecule has 6 heterocycles. The van der Waals surface area contributed by atoms with Gasteiger partial charge in [-0.05, 0) is 110 Å². The third-order valence-electron chi connectivity index (χ3n) is 16.3. The monoisotopic (exact) mass is 1270 g/mol. The normalized spacial score (nSPS) is 19.2. The number of aryl methyl sites for hydroxylation is 2. The first kappa shape index (κ1) is 59.7. The highest BCUT2D eigenvalue weighted by Gasteiger charge is 2.54. The second kappa shape index (κ2) is 23.8. The minimum Gasteiger partial charge on any atom is -0.477 e. The molecule has 5 aromatic rings. The summed E-state index contributed by atoms with van der Waals surface area (Å²) in [5.41, 5.74) is 12.0. The van der Waals surface area contributed by atoms with Gasteiger partial charge in [0.1, 0.15) is 35.0 Å². The third-order valence-corrected chi connectivity index (χ3v) is 22.3. The van der Waals surface area contributed by atoms with Crippen LogP contribution in [0.4, 0.5) is 22.7 Å². The van der Waals surface area contributed by atoms with Gasteiger partial charge in [-0.2, -0.15) is 25.7 Å². The molecular weight excluding hydrogens is 1220 g/mol. The molecular formula is C61H58N7O14S5+. The number of nitrogens with two attached hydrogens (primary N) is 1. The van der Waals surface area contributed by atoms with Crippen LogP contribution in [0.5, 0.6) is 0 Å². The summed E-state index contributed by atoms with van der Waals surface area (Å²) in [6.45, 7) is 0.975. The summed E-state index contributed by atoms with van der Waals surface area (Å²) in [7, 11) is -13.1. The molecule has 21 nitrogen and oxygen atoms in total. The number of amides is 3.